The van der Waals surface area contributed by atoms with Crippen LogP contribution in [0, 0.1) is 20.8 Å². The van der Waals surface area contributed by atoms with Crippen molar-refractivity contribution in [3.63, 3.8) is 0 Å². The molecule has 178 valence electrons. The topological polar surface area (TPSA) is 73.1 Å². The molecule has 1 aromatic heterocycles. The molecule has 0 aliphatic heterocycles. The van der Waals surface area contributed by atoms with Crippen LogP contribution in [0.4, 0.5) is 5.69 Å². The molecule has 0 fully saturated rings. The fourth-order valence-electron chi connectivity index (χ4n) is 4.21. The molecule has 0 bridgehead atoms. The van der Waals surface area contributed by atoms with Gasteiger partial charge in [0.25, 0.3) is 10.0 Å². The number of imidazole rings is 1. The van der Waals surface area contributed by atoms with E-state index >= 15 is 0 Å². The molecular formula is C26H29N3O3S2. The number of fused-ring (bicyclic) bond motifs is 1. The van der Waals surface area contributed by atoms with E-state index in [0.717, 1.165) is 32.0 Å². The Labute approximate surface area is 204 Å². The van der Waals surface area contributed by atoms with Gasteiger partial charge in [0, 0.05) is 22.9 Å². The molecule has 8 heteroatoms. The Morgan fingerprint density at radius 1 is 0.882 bits per heavy atom. The number of hydrogen-bond donors (Lipinski definition) is 1. The van der Waals surface area contributed by atoms with Crippen molar-refractivity contribution in [3.8, 4) is 0 Å². The summed E-state index contributed by atoms with van der Waals surface area (Å²) in [6, 6.07) is 17.2. The van der Waals surface area contributed by atoms with Gasteiger partial charge in [-0.3, -0.25) is 13.9 Å². The average Bonchev–Trinajstić information content (AvgIpc) is 3.06. The van der Waals surface area contributed by atoms with Crippen LogP contribution in [0.2, 0.25) is 0 Å². The Bertz CT molecular complexity index is 1540. The standard InChI is InChI=1S/C26H29N3O3S2/c1-6-28-22-15-21(27-34(31,32)25-14-17(3)13-18(4)19(25)5)24(33-20-11-9-8-10-12-20)16-23(22)29(7-2)26(28)30/h8-16,27H,6-7H2,1-5H3. The van der Waals surface area contributed by atoms with Crippen molar-refractivity contribution >= 4 is 38.5 Å². The van der Waals surface area contributed by atoms with Gasteiger partial charge in [-0.2, -0.15) is 0 Å². The lowest BCUT2D eigenvalue weighted by molar-refractivity contribution is 0.600. The molecule has 6 nitrogen and oxygen atoms in total. The van der Waals surface area contributed by atoms with Gasteiger partial charge in [-0.05, 0) is 81.6 Å². The predicted molar refractivity (Wildman–Crippen MR) is 140 cm³/mol. The number of hydrogen-bond acceptors (Lipinski definition) is 4. The number of anilines is 1. The van der Waals surface area contributed by atoms with E-state index < -0.39 is 10.0 Å². The van der Waals surface area contributed by atoms with Gasteiger partial charge in [0.2, 0.25) is 0 Å². The molecule has 0 saturated heterocycles. The maximum atomic E-state index is 13.6. The van der Waals surface area contributed by atoms with Gasteiger partial charge in [0.1, 0.15) is 0 Å². The van der Waals surface area contributed by atoms with Crippen molar-refractivity contribution in [2.45, 2.75) is 62.4 Å². The van der Waals surface area contributed by atoms with Crippen molar-refractivity contribution in [2.24, 2.45) is 0 Å². The van der Waals surface area contributed by atoms with Crippen molar-refractivity contribution in [3.05, 3.63) is 81.8 Å². The Hall–Kier alpha value is -2.97. The molecule has 0 saturated carbocycles. The van der Waals surface area contributed by atoms with E-state index in [1.807, 2.05) is 77.1 Å². The molecule has 3 aromatic carbocycles. The summed E-state index contributed by atoms with van der Waals surface area (Å²) in [4.78, 5) is 14.9. The summed E-state index contributed by atoms with van der Waals surface area (Å²) in [5.74, 6) is 0. The van der Waals surface area contributed by atoms with Gasteiger partial charge < -0.3 is 0 Å². The highest BCUT2D eigenvalue weighted by Gasteiger charge is 2.22. The van der Waals surface area contributed by atoms with Crippen LogP contribution in [0.5, 0.6) is 0 Å². The average molecular weight is 496 g/mol. The van der Waals surface area contributed by atoms with Crippen molar-refractivity contribution in [1.29, 1.82) is 0 Å². The molecule has 1 N–H and O–H groups in total. The van der Waals surface area contributed by atoms with E-state index in [0.29, 0.717) is 24.3 Å². The first-order chi connectivity index (χ1) is 16.2. The summed E-state index contributed by atoms with van der Waals surface area (Å²) >= 11 is 1.47. The van der Waals surface area contributed by atoms with E-state index in [1.165, 1.54) is 11.8 Å². The molecule has 1 heterocycles. The normalized spacial score (nSPS) is 11.8. The smallest absolute Gasteiger partial charge is 0.292 e. The third kappa shape index (κ3) is 4.40. The minimum absolute atomic E-state index is 0.0965. The van der Waals surface area contributed by atoms with Gasteiger partial charge in [-0.1, -0.05) is 36.0 Å². The van der Waals surface area contributed by atoms with Gasteiger partial charge in [-0.15, -0.1) is 0 Å². The van der Waals surface area contributed by atoms with E-state index in [-0.39, 0.29) is 10.6 Å². The Morgan fingerprint density at radius 3 is 2.12 bits per heavy atom. The first-order valence-corrected chi connectivity index (χ1v) is 13.6. The number of rotatable bonds is 7. The summed E-state index contributed by atoms with van der Waals surface area (Å²) in [7, 11) is -3.86. The summed E-state index contributed by atoms with van der Waals surface area (Å²) in [5.41, 5.74) is 4.39. The molecule has 0 spiro atoms. The van der Waals surface area contributed by atoms with E-state index in [1.54, 1.807) is 21.3 Å². The first-order valence-electron chi connectivity index (χ1n) is 11.3. The zero-order valence-corrected chi connectivity index (χ0v) is 21.7. The Balaban J connectivity index is 1.93. The van der Waals surface area contributed by atoms with E-state index in [2.05, 4.69) is 4.72 Å². The fraction of sp³-hybridized carbons (Fsp3) is 0.269. The number of sulfonamides is 1. The zero-order chi connectivity index (χ0) is 24.6. The number of aromatic nitrogens is 2. The summed E-state index contributed by atoms with van der Waals surface area (Å²) in [6.07, 6.45) is 0. The highest BCUT2D eigenvalue weighted by atomic mass is 32.2. The predicted octanol–water partition coefficient (Wildman–Crippen LogP) is 5.72. The Kier molecular flexibility index (Phi) is 6.64. The molecule has 0 aliphatic carbocycles. The molecule has 4 rings (SSSR count). The third-order valence-electron chi connectivity index (χ3n) is 6.02. The number of aryl methyl sites for hydroxylation is 4. The third-order valence-corrected chi connectivity index (χ3v) is 8.58. The van der Waals surface area contributed by atoms with Crippen molar-refractivity contribution in [1.82, 2.24) is 9.13 Å². The van der Waals surface area contributed by atoms with Crippen LogP contribution in [0.15, 0.2) is 74.1 Å². The SMILES string of the molecule is CCn1c(=O)n(CC)c2cc(Sc3ccccc3)c(NS(=O)(=O)c3cc(C)cc(C)c3C)cc21. The van der Waals surface area contributed by atoms with Crippen LogP contribution in [0.25, 0.3) is 11.0 Å². The summed E-state index contributed by atoms with van der Waals surface area (Å²) < 4.78 is 33.3. The molecule has 0 aliphatic rings. The highest BCUT2D eigenvalue weighted by Crippen LogP contribution is 2.38. The summed E-state index contributed by atoms with van der Waals surface area (Å²) in [6.45, 7) is 10.5. The number of nitrogens with zero attached hydrogens (tertiary/aromatic N) is 2. The molecule has 0 amide bonds. The minimum atomic E-state index is -3.86. The monoisotopic (exact) mass is 495 g/mol. The second-order valence-corrected chi connectivity index (χ2v) is 11.1. The van der Waals surface area contributed by atoms with Crippen LogP contribution in [0.1, 0.15) is 30.5 Å². The molecule has 0 radical (unpaired) electrons. The van der Waals surface area contributed by atoms with Crippen LogP contribution in [-0.4, -0.2) is 17.6 Å². The highest BCUT2D eigenvalue weighted by molar-refractivity contribution is 7.99. The molecule has 4 aromatic rings. The molecular weight excluding hydrogens is 466 g/mol. The van der Waals surface area contributed by atoms with Crippen LogP contribution in [-0.2, 0) is 23.1 Å². The largest absolute Gasteiger partial charge is 0.329 e. The van der Waals surface area contributed by atoms with Crippen molar-refractivity contribution < 1.29 is 8.42 Å². The number of nitrogens with one attached hydrogen (secondary N) is 1. The zero-order valence-electron chi connectivity index (χ0n) is 20.0. The Morgan fingerprint density at radius 2 is 1.50 bits per heavy atom. The second-order valence-electron chi connectivity index (χ2n) is 8.33. The molecule has 0 unspecified atom stereocenters. The van der Waals surface area contributed by atoms with Crippen LogP contribution >= 0.6 is 11.8 Å². The van der Waals surface area contributed by atoms with Crippen molar-refractivity contribution in [2.75, 3.05) is 4.72 Å². The lowest BCUT2D eigenvalue weighted by atomic mass is 10.1. The van der Waals surface area contributed by atoms with Crippen LogP contribution in [0.3, 0.4) is 0 Å². The second kappa shape index (κ2) is 9.35. The van der Waals surface area contributed by atoms with Gasteiger partial charge >= 0.3 is 5.69 Å². The van der Waals surface area contributed by atoms with Crippen LogP contribution < -0.4 is 10.4 Å². The first kappa shape index (κ1) is 24.2. The summed E-state index contributed by atoms with van der Waals surface area (Å²) in [5, 5.41) is 0. The number of benzene rings is 3. The fourth-order valence-corrected chi connectivity index (χ4v) is 6.69. The van der Waals surface area contributed by atoms with Gasteiger partial charge in [-0.25, -0.2) is 13.2 Å². The van der Waals surface area contributed by atoms with E-state index in [9.17, 15) is 13.2 Å². The maximum Gasteiger partial charge on any atom is 0.329 e. The maximum absolute atomic E-state index is 13.6. The lowest BCUT2D eigenvalue weighted by Gasteiger charge is -2.16. The van der Waals surface area contributed by atoms with E-state index in [4.69, 9.17) is 0 Å². The van der Waals surface area contributed by atoms with Gasteiger partial charge in [0.15, 0.2) is 0 Å². The molecule has 0 atom stereocenters. The lowest BCUT2D eigenvalue weighted by Crippen LogP contribution is -2.23. The van der Waals surface area contributed by atoms with Gasteiger partial charge in [0.05, 0.1) is 21.6 Å². The molecule has 34 heavy (non-hydrogen) atoms. The quantitative estimate of drug-likeness (QED) is 0.356. The minimum Gasteiger partial charge on any atom is -0.292 e.